The minimum atomic E-state index is -1.50. The maximum Gasteiger partial charge on any atom is 0.327 e. The molecule has 1 saturated carbocycles. The van der Waals surface area contributed by atoms with Crippen LogP contribution in [0.4, 0.5) is 0 Å². The first kappa shape index (κ1) is 18.8. The molecule has 0 amide bonds. The Hall–Kier alpha value is -2.50. The van der Waals surface area contributed by atoms with Crippen LogP contribution in [0.3, 0.4) is 0 Å². The van der Waals surface area contributed by atoms with E-state index in [-0.39, 0.29) is 25.7 Å². The summed E-state index contributed by atoms with van der Waals surface area (Å²) in [7, 11) is 1.59. The SMILES string of the molecule is C=C1CC(Oc2ccc(OC)cc2)CC1(C(=O)OCC)C(=O)OCC. The molecule has 0 spiro atoms. The number of hydrogen-bond acceptors (Lipinski definition) is 6. The first-order valence-corrected chi connectivity index (χ1v) is 8.31. The third-order valence-corrected chi connectivity index (χ3v) is 4.22. The van der Waals surface area contributed by atoms with Gasteiger partial charge >= 0.3 is 11.9 Å². The lowest BCUT2D eigenvalue weighted by Gasteiger charge is -2.25. The Bertz CT molecular complexity index is 616. The molecule has 1 atom stereocenters. The largest absolute Gasteiger partial charge is 0.497 e. The molecule has 25 heavy (non-hydrogen) atoms. The van der Waals surface area contributed by atoms with E-state index in [9.17, 15) is 9.59 Å². The Morgan fingerprint density at radius 3 is 2.08 bits per heavy atom. The van der Waals surface area contributed by atoms with Gasteiger partial charge in [-0.25, -0.2) is 0 Å². The van der Waals surface area contributed by atoms with Crippen LogP contribution in [0.5, 0.6) is 11.5 Å². The molecule has 2 rings (SSSR count). The number of methoxy groups -OCH3 is 1. The quantitative estimate of drug-likeness (QED) is 0.429. The highest BCUT2D eigenvalue weighted by Crippen LogP contribution is 2.45. The van der Waals surface area contributed by atoms with Crippen molar-refractivity contribution >= 4 is 11.9 Å². The van der Waals surface area contributed by atoms with Gasteiger partial charge in [0.2, 0.25) is 0 Å². The van der Waals surface area contributed by atoms with Crippen LogP contribution in [0.25, 0.3) is 0 Å². The van der Waals surface area contributed by atoms with Crippen LogP contribution in [0.2, 0.25) is 0 Å². The van der Waals surface area contributed by atoms with Crippen molar-refractivity contribution in [2.24, 2.45) is 5.41 Å². The summed E-state index contributed by atoms with van der Waals surface area (Å²) in [6, 6.07) is 7.11. The molecule has 1 aliphatic rings. The van der Waals surface area contributed by atoms with Crippen LogP contribution in [0.15, 0.2) is 36.4 Å². The van der Waals surface area contributed by atoms with E-state index in [0.717, 1.165) is 5.75 Å². The first-order chi connectivity index (χ1) is 12.0. The standard InChI is InChI=1S/C19H24O6/c1-5-23-17(20)19(18(21)24-6-2)12-16(11-13(19)3)25-15-9-7-14(22-4)8-10-15/h7-10,16H,3,5-6,11-12H2,1-2,4H3. The molecule has 0 aliphatic heterocycles. The van der Waals surface area contributed by atoms with Crippen molar-refractivity contribution in [3.8, 4) is 11.5 Å². The summed E-state index contributed by atoms with van der Waals surface area (Å²) in [5.41, 5.74) is -1.04. The molecule has 1 aliphatic carbocycles. The fourth-order valence-corrected chi connectivity index (χ4v) is 2.98. The summed E-state index contributed by atoms with van der Waals surface area (Å²) >= 11 is 0. The minimum Gasteiger partial charge on any atom is -0.497 e. The van der Waals surface area contributed by atoms with Gasteiger partial charge in [0, 0.05) is 12.8 Å². The van der Waals surface area contributed by atoms with Crippen LogP contribution >= 0.6 is 0 Å². The lowest BCUT2D eigenvalue weighted by Crippen LogP contribution is -2.41. The van der Waals surface area contributed by atoms with Crippen LogP contribution < -0.4 is 9.47 Å². The smallest absolute Gasteiger partial charge is 0.327 e. The predicted molar refractivity (Wildman–Crippen MR) is 91.5 cm³/mol. The molecule has 0 aromatic heterocycles. The summed E-state index contributed by atoms with van der Waals surface area (Å²) in [6.07, 6.45) is 0.161. The second-order valence-corrected chi connectivity index (χ2v) is 5.77. The van der Waals surface area contributed by atoms with E-state index in [1.54, 1.807) is 45.2 Å². The average molecular weight is 348 g/mol. The number of hydrogen-bond donors (Lipinski definition) is 0. The maximum atomic E-state index is 12.5. The highest BCUT2D eigenvalue weighted by atomic mass is 16.6. The molecule has 1 unspecified atom stereocenters. The van der Waals surface area contributed by atoms with Crippen molar-refractivity contribution in [1.29, 1.82) is 0 Å². The monoisotopic (exact) mass is 348 g/mol. The number of carbonyl (C=O) groups excluding carboxylic acids is 2. The molecule has 0 N–H and O–H groups in total. The Balaban J connectivity index is 2.20. The summed E-state index contributed by atoms with van der Waals surface area (Å²) in [4.78, 5) is 25.0. The Labute approximate surface area is 147 Å². The van der Waals surface area contributed by atoms with Crippen LogP contribution in [-0.4, -0.2) is 38.4 Å². The summed E-state index contributed by atoms with van der Waals surface area (Å²) in [5.74, 6) is 0.0938. The van der Waals surface area contributed by atoms with E-state index in [4.69, 9.17) is 18.9 Å². The Morgan fingerprint density at radius 1 is 1.08 bits per heavy atom. The molecule has 6 nitrogen and oxygen atoms in total. The number of esters is 2. The van der Waals surface area contributed by atoms with Gasteiger partial charge in [0.05, 0.1) is 20.3 Å². The molecule has 0 saturated heterocycles. The number of carbonyl (C=O) groups is 2. The fourth-order valence-electron chi connectivity index (χ4n) is 2.98. The molecule has 1 aromatic rings. The summed E-state index contributed by atoms with van der Waals surface area (Å²) in [5, 5.41) is 0. The third-order valence-electron chi connectivity index (χ3n) is 4.22. The van der Waals surface area contributed by atoms with E-state index < -0.39 is 17.4 Å². The van der Waals surface area contributed by atoms with Gasteiger partial charge in [-0.3, -0.25) is 9.59 Å². The van der Waals surface area contributed by atoms with Crippen LogP contribution in [-0.2, 0) is 19.1 Å². The predicted octanol–water partition coefficient (Wildman–Crippen LogP) is 2.91. The molecular weight excluding hydrogens is 324 g/mol. The van der Waals surface area contributed by atoms with E-state index in [1.807, 2.05) is 0 Å². The summed E-state index contributed by atoms with van der Waals surface area (Å²) < 4.78 is 21.3. The van der Waals surface area contributed by atoms with Crippen LogP contribution in [0.1, 0.15) is 26.7 Å². The minimum absolute atomic E-state index is 0.148. The molecule has 6 heteroatoms. The zero-order chi connectivity index (χ0) is 18.4. The number of ether oxygens (including phenoxy) is 4. The Morgan fingerprint density at radius 2 is 1.60 bits per heavy atom. The van der Waals surface area contributed by atoms with Gasteiger partial charge in [0.15, 0.2) is 5.41 Å². The van der Waals surface area contributed by atoms with Gasteiger partial charge in [0.25, 0.3) is 0 Å². The molecular formula is C19H24O6. The van der Waals surface area contributed by atoms with Gasteiger partial charge in [-0.15, -0.1) is 0 Å². The number of benzene rings is 1. The third kappa shape index (κ3) is 3.78. The number of rotatable bonds is 7. The lowest BCUT2D eigenvalue weighted by atomic mass is 9.83. The van der Waals surface area contributed by atoms with E-state index >= 15 is 0 Å². The van der Waals surface area contributed by atoms with Crippen molar-refractivity contribution in [3.63, 3.8) is 0 Å². The van der Waals surface area contributed by atoms with E-state index in [1.165, 1.54) is 0 Å². The topological polar surface area (TPSA) is 71.1 Å². The second kappa shape index (κ2) is 8.05. The maximum absolute atomic E-state index is 12.5. The van der Waals surface area contributed by atoms with Crippen molar-refractivity contribution in [2.75, 3.05) is 20.3 Å². The zero-order valence-corrected chi connectivity index (χ0v) is 14.9. The zero-order valence-electron chi connectivity index (χ0n) is 14.9. The van der Waals surface area contributed by atoms with Crippen molar-refractivity contribution < 1.29 is 28.5 Å². The van der Waals surface area contributed by atoms with Crippen molar-refractivity contribution in [3.05, 3.63) is 36.4 Å². The first-order valence-electron chi connectivity index (χ1n) is 8.31. The van der Waals surface area contributed by atoms with Gasteiger partial charge < -0.3 is 18.9 Å². The summed E-state index contributed by atoms with van der Waals surface area (Å²) in [6.45, 7) is 7.68. The second-order valence-electron chi connectivity index (χ2n) is 5.77. The highest BCUT2D eigenvalue weighted by Gasteiger charge is 2.57. The van der Waals surface area contributed by atoms with Crippen LogP contribution in [0, 0.1) is 5.41 Å². The Kier molecular flexibility index (Phi) is 6.07. The van der Waals surface area contributed by atoms with Gasteiger partial charge in [0.1, 0.15) is 17.6 Å². The van der Waals surface area contributed by atoms with Gasteiger partial charge in [-0.05, 0) is 43.7 Å². The molecule has 136 valence electrons. The highest BCUT2D eigenvalue weighted by molar-refractivity contribution is 6.04. The molecule has 1 fully saturated rings. The average Bonchev–Trinajstić information content (AvgIpc) is 2.93. The molecule has 0 radical (unpaired) electrons. The van der Waals surface area contributed by atoms with Gasteiger partial charge in [-0.2, -0.15) is 0 Å². The van der Waals surface area contributed by atoms with Crippen molar-refractivity contribution in [2.45, 2.75) is 32.8 Å². The van der Waals surface area contributed by atoms with Crippen molar-refractivity contribution in [1.82, 2.24) is 0 Å². The van der Waals surface area contributed by atoms with E-state index in [0.29, 0.717) is 17.7 Å². The molecule has 1 aromatic carbocycles. The van der Waals surface area contributed by atoms with Gasteiger partial charge in [-0.1, -0.05) is 6.58 Å². The normalized spacial score (nSPS) is 18.5. The lowest BCUT2D eigenvalue weighted by molar-refractivity contribution is -0.169. The molecule has 0 bridgehead atoms. The molecule has 0 heterocycles. The fraction of sp³-hybridized carbons (Fsp3) is 0.474. The van der Waals surface area contributed by atoms with E-state index in [2.05, 4.69) is 6.58 Å².